The Morgan fingerprint density at radius 1 is 1.44 bits per heavy atom. The van der Waals surface area contributed by atoms with Gasteiger partial charge in [0.1, 0.15) is 0 Å². The molecule has 0 spiro atoms. The van der Waals surface area contributed by atoms with Gasteiger partial charge in [-0.3, -0.25) is 4.79 Å². The Hall–Kier alpha value is -0.710. The monoisotopic (exact) mass is 287 g/mol. The molecular weight excluding hydrogens is 270 g/mol. The fourth-order valence-corrected chi connectivity index (χ4v) is 2.37. The van der Waals surface area contributed by atoms with E-state index in [4.69, 9.17) is 16.7 Å². The smallest absolute Gasteiger partial charge is 0.251 e. The van der Waals surface area contributed by atoms with E-state index in [2.05, 4.69) is 5.32 Å². The molecule has 3 nitrogen and oxygen atoms in total. The van der Waals surface area contributed by atoms with Crippen molar-refractivity contribution in [1.82, 2.24) is 5.32 Å². The molecule has 0 aliphatic heterocycles. The molecule has 2 N–H and O–H groups in total. The van der Waals surface area contributed by atoms with Crippen molar-refractivity contribution in [3.63, 3.8) is 0 Å². The minimum absolute atomic E-state index is 0.0102. The van der Waals surface area contributed by atoms with Gasteiger partial charge < -0.3 is 10.4 Å². The highest BCUT2D eigenvalue weighted by Gasteiger charge is 2.17. The summed E-state index contributed by atoms with van der Waals surface area (Å²) < 4.78 is 0. The number of halogens is 1. The van der Waals surface area contributed by atoms with Gasteiger partial charge in [-0.1, -0.05) is 12.1 Å². The number of benzene rings is 1. The van der Waals surface area contributed by atoms with Gasteiger partial charge in [-0.2, -0.15) is 11.8 Å². The number of carbonyl (C=O) groups is 1. The van der Waals surface area contributed by atoms with Crippen molar-refractivity contribution in [1.29, 1.82) is 0 Å². The molecule has 1 aromatic rings. The van der Waals surface area contributed by atoms with E-state index >= 15 is 0 Å². The first-order chi connectivity index (χ1) is 8.62. The summed E-state index contributed by atoms with van der Waals surface area (Å²) in [4.78, 5) is 12.0. The third-order valence-corrected chi connectivity index (χ3v) is 4.24. The number of aliphatic hydroxyl groups is 1. The maximum Gasteiger partial charge on any atom is 0.251 e. The molecule has 1 rings (SSSR count). The molecule has 2 atom stereocenters. The summed E-state index contributed by atoms with van der Waals surface area (Å²) in [7, 11) is 0. The van der Waals surface area contributed by atoms with Gasteiger partial charge in [0.15, 0.2) is 0 Å². The Labute approximate surface area is 117 Å². The van der Waals surface area contributed by atoms with Crippen LogP contribution in [-0.4, -0.2) is 35.2 Å². The summed E-state index contributed by atoms with van der Waals surface area (Å²) >= 11 is 7.23. The number of carbonyl (C=O) groups excluding carboxylic acids is 1. The number of hydrogen-bond donors (Lipinski definition) is 2. The summed E-state index contributed by atoms with van der Waals surface area (Å²) in [5.41, 5.74) is 1.59. The first kappa shape index (κ1) is 15.3. The zero-order valence-electron chi connectivity index (χ0n) is 10.5. The lowest BCUT2D eigenvalue weighted by Gasteiger charge is -2.21. The van der Waals surface area contributed by atoms with Crippen LogP contribution < -0.4 is 5.32 Å². The second kappa shape index (κ2) is 7.67. The van der Waals surface area contributed by atoms with Crippen molar-refractivity contribution in [3.05, 3.63) is 35.4 Å². The molecule has 2 unspecified atom stereocenters. The molecular formula is C13H18ClNO2S. The number of aliphatic hydroxyl groups excluding tert-OH is 1. The van der Waals surface area contributed by atoms with Gasteiger partial charge in [-0.15, -0.1) is 11.6 Å². The molecule has 100 valence electrons. The largest absolute Gasteiger partial charge is 0.395 e. The lowest BCUT2D eigenvalue weighted by molar-refractivity contribution is 0.0936. The predicted octanol–water partition coefficient (Wildman–Crippen LogP) is 2.27. The van der Waals surface area contributed by atoms with E-state index in [0.29, 0.717) is 11.4 Å². The fraction of sp³-hybridized carbons (Fsp3) is 0.462. The third-order valence-electron chi connectivity index (χ3n) is 2.77. The quantitative estimate of drug-likeness (QED) is 0.789. The van der Waals surface area contributed by atoms with Crippen LogP contribution in [-0.2, 0) is 5.88 Å². The van der Waals surface area contributed by atoms with Crippen molar-refractivity contribution in [2.75, 3.05) is 12.9 Å². The molecule has 5 heteroatoms. The lowest BCUT2D eigenvalue weighted by Crippen LogP contribution is -2.41. The topological polar surface area (TPSA) is 49.3 Å². The van der Waals surface area contributed by atoms with Gasteiger partial charge in [-0.25, -0.2) is 0 Å². The molecule has 0 radical (unpaired) electrons. The number of rotatable bonds is 6. The van der Waals surface area contributed by atoms with Crippen molar-refractivity contribution < 1.29 is 9.90 Å². The summed E-state index contributed by atoms with van der Waals surface area (Å²) in [6, 6.07) is 7.11. The Morgan fingerprint density at radius 2 is 2.06 bits per heavy atom. The third kappa shape index (κ3) is 4.19. The molecule has 0 heterocycles. The van der Waals surface area contributed by atoms with Gasteiger partial charge in [0.25, 0.3) is 5.91 Å². The van der Waals surface area contributed by atoms with Crippen molar-refractivity contribution >= 4 is 29.3 Å². The molecule has 0 bridgehead atoms. The van der Waals surface area contributed by atoms with Gasteiger partial charge >= 0.3 is 0 Å². The maximum absolute atomic E-state index is 12.0. The van der Waals surface area contributed by atoms with Crippen LogP contribution in [0.15, 0.2) is 24.3 Å². The van der Waals surface area contributed by atoms with E-state index in [-0.39, 0.29) is 23.8 Å². The highest BCUT2D eigenvalue weighted by molar-refractivity contribution is 7.99. The molecule has 18 heavy (non-hydrogen) atoms. The highest BCUT2D eigenvalue weighted by Crippen LogP contribution is 2.12. The number of thioether (sulfide) groups is 1. The molecule has 0 aliphatic carbocycles. The summed E-state index contributed by atoms with van der Waals surface area (Å²) in [5, 5.41) is 12.1. The average Bonchev–Trinajstić information content (AvgIpc) is 2.40. The van der Waals surface area contributed by atoms with E-state index in [1.807, 2.05) is 25.3 Å². The van der Waals surface area contributed by atoms with E-state index in [9.17, 15) is 4.79 Å². The van der Waals surface area contributed by atoms with Crippen LogP contribution in [0.25, 0.3) is 0 Å². The molecule has 1 aromatic carbocycles. The van der Waals surface area contributed by atoms with Crippen LogP contribution >= 0.6 is 23.4 Å². The first-order valence-electron chi connectivity index (χ1n) is 5.71. The van der Waals surface area contributed by atoms with Crippen molar-refractivity contribution in [2.45, 2.75) is 24.1 Å². The van der Waals surface area contributed by atoms with E-state index in [1.54, 1.807) is 12.1 Å². The van der Waals surface area contributed by atoms with Gasteiger partial charge in [-0.05, 0) is 30.9 Å². The molecule has 1 amide bonds. The molecule has 0 saturated carbocycles. The summed E-state index contributed by atoms with van der Waals surface area (Å²) in [6.07, 6.45) is 1.92. The van der Waals surface area contributed by atoms with E-state index < -0.39 is 0 Å². The minimum Gasteiger partial charge on any atom is -0.395 e. The van der Waals surface area contributed by atoms with Gasteiger partial charge in [0.2, 0.25) is 0 Å². The van der Waals surface area contributed by atoms with Crippen LogP contribution in [0.3, 0.4) is 0 Å². The number of amides is 1. The Kier molecular flexibility index (Phi) is 6.54. The SMILES string of the molecule is CSC(CO)C(C)NC(=O)c1ccc(CCl)cc1. The van der Waals surface area contributed by atoms with Crippen LogP contribution in [0.5, 0.6) is 0 Å². The zero-order chi connectivity index (χ0) is 13.5. The summed E-state index contributed by atoms with van der Waals surface area (Å²) in [6.45, 7) is 1.94. The second-order valence-electron chi connectivity index (χ2n) is 4.05. The fourth-order valence-electron chi connectivity index (χ4n) is 1.57. The Balaban J connectivity index is 2.64. The molecule has 0 aliphatic rings. The number of alkyl halides is 1. The minimum atomic E-state index is -0.129. The van der Waals surface area contributed by atoms with Gasteiger partial charge in [0, 0.05) is 22.7 Å². The zero-order valence-corrected chi connectivity index (χ0v) is 12.1. The normalized spacial score (nSPS) is 14.0. The van der Waals surface area contributed by atoms with E-state index in [1.165, 1.54) is 11.8 Å². The maximum atomic E-state index is 12.0. The average molecular weight is 288 g/mol. The molecule has 0 aromatic heterocycles. The number of hydrogen-bond acceptors (Lipinski definition) is 3. The van der Waals surface area contributed by atoms with Crippen LogP contribution in [0.1, 0.15) is 22.8 Å². The molecule has 0 fully saturated rings. The highest BCUT2D eigenvalue weighted by atomic mass is 35.5. The Bertz CT molecular complexity index is 379. The first-order valence-corrected chi connectivity index (χ1v) is 7.54. The Morgan fingerprint density at radius 3 is 2.50 bits per heavy atom. The molecule has 0 saturated heterocycles. The number of nitrogens with one attached hydrogen (secondary N) is 1. The van der Waals surface area contributed by atoms with Gasteiger partial charge in [0.05, 0.1) is 6.61 Å². The van der Waals surface area contributed by atoms with Crippen LogP contribution in [0.2, 0.25) is 0 Å². The second-order valence-corrected chi connectivity index (χ2v) is 5.39. The summed E-state index contributed by atoms with van der Waals surface area (Å²) in [5.74, 6) is 0.313. The predicted molar refractivity (Wildman–Crippen MR) is 77.3 cm³/mol. The van der Waals surface area contributed by atoms with Crippen molar-refractivity contribution in [3.8, 4) is 0 Å². The standard InChI is InChI=1S/C13H18ClNO2S/c1-9(12(8-16)18-2)15-13(17)11-5-3-10(7-14)4-6-11/h3-6,9,12,16H,7-8H2,1-2H3,(H,15,17). The lowest BCUT2D eigenvalue weighted by atomic mass is 10.1. The van der Waals surface area contributed by atoms with Crippen molar-refractivity contribution in [2.24, 2.45) is 0 Å². The van der Waals surface area contributed by atoms with Crippen LogP contribution in [0.4, 0.5) is 0 Å². The van der Waals surface area contributed by atoms with Crippen LogP contribution in [0, 0.1) is 0 Å². The van der Waals surface area contributed by atoms with E-state index in [0.717, 1.165) is 5.56 Å².